The van der Waals surface area contributed by atoms with Gasteiger partial charge in [-0.15, -0.1) is 0 Å². The SMILES string of the molecule is [C-]#[N+]c1ccc2[nH]cc(C3CCC(N(C)CC)C3)c2c1. The van der Waals surface area contributed by atoms with Crippen LogP contribution in [0.5, 0.6) is 0 Å². The summed E-state index contributed by atoms with van der Waals surface area (Å²) in [6.07, 6.45) is 5.92. The van der Waals surface area contributed by atoms with E-state index >= 15 is 0 Å². The molecule has 0 saturated heterocycles. The van der Waals surface area contributed by atoms with E-state index in [1.54, 1.807) is 0 Å². The largest absolute Gasteiger partial charge is 0.361 e. The molecule has 1 saturated carbocycles. The molecule has 3 nitrogen and oxygen atoms in total. The maximum Gasteiger partial charge on any atom is 0.187 e. The number of hydrogen-bond donors (Lipinski definition) is 1. The number of hydrogen-bond acceptors (Lipinski definition) is 1. The Morgan fingerprint density at radius 3 is 3.00 bits per heavy atom. The molecule has 1 aliphatic carbocycles. The van der Waals surface area contributed by atoms with E-state index in [0.29, 0.717) is 12.0 Å². The van der Waals surface area contributed by atoms with Gasteiger partial charge in [0.25, 0.3) is 0 Å². The second-order valence-corrected chi connectivity index (χ2v) is 5.82. The van der Waals surface area contributed by atoms with Crippen molar-refractivity contribution >= 4 is 16.6 Å². The Balaban J connectivity index is 1.90. The number of rotatable bonds is 3. The summed E-state index contributed by atoms with van der Waals surface area (Å²) in [6, 6.07) is 6.65. The molecule has 1 fully saturated rings. The number of aromatic nitrogens is 1. The van der Waals surface area contributed by atoms with E-state index in [2.05, 4.69) is 34.9 Å². The van der Waals surface area contributed by atoms with Crippen molar-refractivity contribution in [3.8, 4) is 0 Å². The minimum atomic E-state index is 0.628. The van der Waals surface area contributed by atoms with Gasteiger partial charge >= 0.3 is 0 Å². The molecule has 0 bridgehead atoms. The standard InChI is InChI=1S/C17H21N3/c1-4-20(3)14-7-5-12(9-14)16-11-19-17-8-6-13(18-2)10-15(16)17/h6,8,10-12,14,19H,4-5,7,9H2,1,3H3. The average Bonchev–Trinajstić information content (AvgIpc) is 3.11. The Hall–Kier alpha value is -1.79. The monoisotopic (exact) mass is 267 g/mol. The van der Waals surface area contributed by atoms with Crippen LogP contribution in [0.25, 0.3) is 15.7 Å². The Kier molecular flexibility index (Phi) is 3.50. The van der Waals surface area contributed by atoms with Gasteiger partial charge in [0.1, 0.15) is 0 Å². The highest BCUT2D eigenvalue weighted by atomic mass is 15.1. The maximum absolute atomic E-state index is 7.17. The number of H-pyrrole nitrogens is 1. The zero-order valence-corrected chi connectivity index (χ0v) is 12.2. The molecule has 0 radical (unpaired) electrons. The van der Waals surface area contributed by atoms with Crippen LogP contribution >= 0.6 is 0 Å². The maximum atomic E-state index is 7.17. The molecule has 0 spiro atoms. The smallest absolute Gasteiger partial charge is 0.187 e. The van der Waals surface area contributed by atoms with Gasteiger partial charge in [0.15, 0.2) is 5.69 Å². The molecule has 0 amide bonds. The quantitative estimate of drug-likeness (QED) is 0.823. The molecule has 1 N–H and O–H groups in total. The van der Waals surface area contributed by atoms with Gasteiger partial charge in [-0.25, -0.2) is 4.85 Å². The van der Waals surface area contributed by atoms with Crippen molar-refractivity contribution in [2.24, 2.45) is 0 Å². The van der Waals surface area contributed by atoms with Crippen molar-refractivity contribution in [2.45, 2.75) is 38.1 Å². The van der Waals surface area contributed by atoms with Crippen molar-refractivity contribution in [3.63, 3.8) is 0 Å². The number of nitrogens with one attached hydrogen (secondary N) is 1. The number of aromatic amines is 1. The Morgan fingerprint density at radius 1 is 1.40 bits per heavy atom. The topological polar surface area (TPSA) is 23.4 Å². The van der Waals surface area contributed by atoms with E-state index in [9.17, 15) is 0 Å². The molecule has 20 heavy (non-hydrogen) atoms. The van der Waals surface area contributed by atoms with Crippen LogP contribution in [0.1, 0.15) is 37.7 Å². The first-order valence-corrected chi connectivity index (χ1v) is 7.41. The minimum Gasteiger partial charge on any atom is -0.361 e. The van der Waals surface area contributed by atoms with E-state index in [4.69, 9.17) is 6.57 Å². The third kappa shape index (κ3) is 2.21. The molecular weight excluding hydrogens is 246 g/mol. The van der Waals surface area contributed by atoms with Crippen LogP contribution in [0.2, 0.25) is 0 Å². The van der Waals surface area contributed by atoms with Gasteiger partial charge in [-0.3, -0.25) is 0 Å². The van der Waals surface area contributed by atoms with E-state index in [-0.39, 0.29) is 0 Å². The van der Waals surface area contributed by atoms with E-state index in [1.807, 2.05) is 18.2 Å². The van der Waals surface area contributed by atoms with Crippen LogP contribution < -0.4 is 0 Å². The van der Waals surface area contributed by atoms with Gasteiger partial charge in [0.05, 0.1) is 6.57 Å². The van der Waals surface area contributed by atoms with Crippen molar-refractivity contribution in [3.05, 3.63) is 41.4 Å². The summed E-state index contributed by atoms with van der Waals surface area (Å²) in [4.78, 5) is 9.37. The predicted molar refractivity (Wildman–Crippen MR) is 83.2 cm³/mol. The van der Waals surface area contributed by atoms with E-state index in [0.717, 1.165) is 17.7 Å². The second kappa shape index (κ2) is 5.30. The van der Waals surface area contributed by atoms with E-state index in [1.165, 1.54) is 30.2 Å². The highest BCUT2D eigenvalue weighted by Crippen LogP contribution is 2.40. The van der Waals surface area contributed by atoms with Gasteiger partial charge < -0.3 is 9.88 Å². The lowest BCUT2D eigenvalue weighted by atomic mass is 9.96. The molecule has 1 aliphatic rings. The molecule has 1 heterocycles. The van der Waals surface area contributed by atoms with Crippen molar-refractivity contribution < 1.29 is 0 Å². The molecule has 3 rings (SSSR count). The summed E-state index contributed by atoms with van der Waals surface area (Å²) < 4.78 is 0. The minimum absolute atomic E-state index is 0.628. The third-order valence-electron chi connectivity index (χ3n) is 4.79. The normalized spacial score (nSPS) is 22.5. The molecule has 104 valence electrons. The average molecular weight is 267 g/mol. The number of benzene rings is 1. The van der Waals surface area contributed by atoms with Gasteiger partial charge in [-0.2, -0.15) is 0 Å². The molecular formula is C17H21N3. The molecule has 2 atom stereocenters. The van der Waals surface area contributed by atoms with Crippen LogP contribution in [0, 0.1) is 6.57 Å². The summed E-state index contributed by atoms with van der Waals surface area (Å²) in [5, 5.41) is 1.24. The van der Waals surface area contributed by atoms with Crippen LogP contribution in [0.4, 0.5) is 5.69 Å². The van der Waals surface area contributed by atoms with E-state index < -0.39 is 0 Å². The molecule has 2 unspecified atom stereocenters. The molecule has 1 aromatic carbocycles. The van der Waals surface area contributed by atoms with Crippen molar-refractivity contribution in [1.29, 1.82) is 0 Å². The molecule has 3 heteroatoms. The Bertz CT molecular complexity index is 650. The molecule has 0 aliphatic heterocycles. The van der Waals surface area contributed by atoms with Gasteiger partial charge in [-0.05, 0) is 61.9 Å². The van der Waals surface area contributed by atoms with Crippen LogP contribution in [0.3, 0.4) is 0 Å². The Morgan fingerprint density at radius 2 is 2.25 bits per heavy atom. The van der Waals surface area contributed by atoms with Gasteiger partial charge in [0, 0.05) is 17.8 Å². The number of fused-ring (bicyclic) bond motifs is 1. The van der Waals surface area contributed by atoms with Crippen molar-refractivity contribution in [1.82, 2.24) is 9.88 Å². The molecule has 2 aromatic rings. The van der Waals surface area contributed by atoms with Crippen LogP contribution in [0.15, 0.2) is 24.4 Å². The van der Waals surface area contributed by atoms with Gasteiger partial charge in [-0.1, -0.05) is 13.0 Å². The zero-order valence-electron chi connectivity index (χ0n) is 12.2. The first kappa shape index (κ1) is 13.2. The third-order valence-corrected chi connectivity index (χ3v) is 4.79. The number of nitrogens with zero attached hydrogens (tertiary/aromatic N) is 2. The lowest BCUT2D eigenvalue weighted by molar-refractivity contribution is 0.256. The van der Waals surface area contributed by atoms with Crippen LogP contribution in [-0.2, 0) is 0 Å². The van der Waals surface area contributed by atoms with Crippen LogP contribution in [-0.4, -0.2) is 29.5 Å². The summed E-state index contributed by atoms with van der Waals surface area (Å²) in [7, 11) is 2.22. The fourth-order valence-electron chi connectivity index (χ4n) is 3.44. The highest BCUT2D eigenvalue weighted by molar-refractivity contribution is 5.87. The van der Waals surface area contributed by atoms with Crippen molar-refractivity contribution in [2.75, 3.05) is 13.6 Å². The van der Waals surface area contributed by atoms with Gasteiger partial charge in [0.2, 0.25) is 0 Å². The summed E-state index contributed by atoms with van der Waals surface area (Å²) in [6.45, 7) is 10.5. The first-order chi connectivity index (χ1) is 9.72. The first-order valence-electron chi connectivity index (χ1n) is 7.41. The fraction of sp³-hybridized carbons (Fsp3) is 0.471. The summed E-state index contributed by atoms with van der Waals surface area (Å²) >= 11 is 0. The molecule has 1 aromatic heterocycles. The lowest BCUT2D eigenvalue weighted by Gasteiger charge is -2.22. The summed E-state index contributed by atoms with van der Waals surface area (Å²) in [5.41, 5.74) is 3.29. The second-order valence-electron chi connectivity index (χ2n) is 5.82. The Labute approximate surface area is 120 Å². The highest BCUT2D eigenvalue weighted by Gasteiger charge is 2.29. The zero-order chi connectivity index (χ0) is 14.1. The fourth-order valence-corrected chi connectivity index (χ4v) is 3.44. The predicted octanol–water partition coefficient (Wildman–Crippen LogP) is 4.31. The lowest BCUT2D eigenvalue weighted by Crippen LogP contribution is -2.28. The summed E-state index contributed by atoms with van der Waals surface area (Å²) in [5.74, 6) is 0.628.